The van der Waals surface area contributed by atoms with Gasteiger partial charge in [0.25, 0.3) is 0 Å². The minimum absolute atomic E-state index is 0.0190. The van der Waals surface area contributed by atoms with E-state index in [0.717, 1.165) is 12.0 Å². The molecule has 1 aromatic rings. The summed E-state index contributed by atoms with van der Waals surface area (Å²) >= 11 is 2.39. The first-order valence-corrected chi connectivity index (χ1v) is 9.61. The van der Waals surface area contributed by atoms with Gasteiger partial charge in [-0.2, -0.15) is 0 Å². The average Bonchev–Trinajstić information content (AvgIpc) is 2.51. The van der Waals surface area contributed by atoms with Crippen LogP contribution in [0.1, 0.15) is 46.0 Å². The highest BCUT2D eigenvalue weighted by atomic mass is 127. The minimum Gasteiger partial charge on any atom is -0.461 e. The fourth-order valence-electron chi connectivity index (χ4n) is 4.22. The summed E-state index contributed by atoms with van der Waals surface area (Å²) in [6.45, 7) is 8.67. The highest BCUT2D eigenvalue weighted by Gasteiger charge is 2.58. The van der Waals surface area contributed by atoms with Gasteiger partial charge in [-0.15, -0.1) is 0 Å². The van der Waals surface area contributed by atoms with Crippen molar-refractivity contribution in [2.75, 3.05) is 6.61 Å². The van der Waals surface area contributed by atoms with Gasteiger partial charge in [-0.1, -0.05) is 73.7 Å². The van der Waals surface area contributed by atoms with Crippen LogP contribution in [0.2, 0.25) is 0 Å². The molecule has 0 N–H and O–H groups in total. The predicted molar refractivity (Wildman–Crippen MR) is 99.9 cm³/mol. The Morgan fingerprint density at radius 1 is 1.25 bits per heavy atom. The molecule has 1 aromatic carbocycles. The maximum atomic E-state index is 11.6. The molecular formula is C19H25IO4. The Morgan fingerprint density at radius 3 is 2.54 bits per heavy atom. The van der Waals surface area contributed by atoms with Gasteiger partial charge >= 0.3 is 5.97 Å². The highest BCUT2D eigenvalue weighted by Crippen LogP contribution is 2.54. The van der Waals surface area contributed by atoms with Crippen LogP contribution < -0.4 is 0 Å². The van der Waals surface area contributed by atoms with Crippen LogP contribution in [0.3, 0.4) is 0 Å². The fraction of sp³-hybridized carbons (Fsp3) is 0.632. The van der Waals surface area contributed by atoms with Gasteiger partial charge in [0.15, 0.2) is 6.29 Å². The summed E-state index contributed by atoms with van der Waals surface area (Å²) in [6, 6.07) is 10.0. The second-order valence-electron chi connectivity index (χ2n) is 7.90. The quantitative estimate of drug-likeness (QED) is 0.388. The minimum atomic E-state index is -0.360. The van der Waals surface area contributed by atoms with Crippen LogP contribution in [0.15, 0.2) is 30.3 Å². The third-order valence-electron chi connectivity index (χ3n) is 5.09. The van der Waals surface area contributed by atoms with Crippen LogP contribution >= 0.6 is 22.6 Å². The van der Waals surface area contributed by atoms with Gasteiger partial charge in [-0.3, -0.25) is 4.79 Å². The van der Waals surface area contributed by atoms with E-state index in [1.807, 2.05) is 30.3 Å². The molecule has 0 spiro atoms. The van der Waals surface area contributed by atoms with Crippen molar-refractivity contribution in [1.29, 1.82) is 0 Å². The van der Waals surface area contributed by atoms with Crippen molar-refractivity contribution < 1.29 is 19.0 Å². The first-order chi connectivity index (χ1) is 11.2. The normalized spacial score (nSPS) is 38.2. The van der Waals surface area contributed by atoms with Gasteiger partial charge in [0.1, 0.15) is 6.10 Å². The number of halogens is 1. The molecule has 1 aliphatic carbocycles. The lowest BCUT2D eigenvalue weighted by atomic mass is 9.61. The van der Waals surface area contributed by atoms with Gasteiger partial charge < -0.3 is 14.2 Å². The summed E-state index contributed by atoms with van der Waals surface area (Å²) in [4.78, 5) is 11.6. The van der Waals surface area contributed by atoms with E-state index in [0.29, 0.717) is 6.61 Å². The van der Waals surface area contributed by atoms with Crippen LogP contribution in [0, 0.1) is 10.8 Å². The Labute approximate surface area is 157 Å². The van der Waals surface area contributed by atoms with E-state index in [9.17, 15) is 4.79 Å². The molecule has 4 nitrogen and oxygen atoms in total. The lowest BCUT2D eigenvalue weighted by Crippen LogP contribution is -2.62. The Balaban J connectivity index is 1.86. The first-order valence-electron chi connectivity index (χ1n) is 8.36. The number of fused-ring (bicyclic) bond motifs is 1. The van der Waals surface area contributed by atoms with Crippen molar-refractivity contribution in [1.82, 2.24) is 0 Å². The number of hydrogen-bond acceptors (Lipinski definition) is 4. The summed E-state index contributed by atoms with van der Waals surface area (Å²) in [5, 5.41) is 0. The van der Waals surface area contributed by atoms with Gasteiger partial charge in [-0.25, -0.2) is 0 Å². The van der Waals surface area contributed by atoms with Gasteiger partial charge in [0.2, 0.25) is 0 Å². The van der Waals surface area contributed by atoms with E-state index < -0.39 is 0 Å². The molecule has 0 bridgehead atoms. The van der Waals surface area contributed by atoms with Crippen molar-refractivity contribution in [3.8, 4) is 0 Å². The van der Waals surface area contributed by atoms with Gasteiger partial charge in [0, 0.05) is 23.3 Å². The largest absolute Gasteiger partial charge is 0.461 e. The molecule has 0 aromatic heterocycles. The maximum absolute atomic E-state index is 11.6. The summed E-state index contributed by atoms with van der Waals surface area (Å²) in [5.74, 6) is -0.231. The second kappa shape index (κ2) is 6.57. The molecule has 5 heteroatoms. The number of benzene rings is 1. The molecule has 2 aliphatic rings. The zero-order valence-electron chi connectivity index (χ0n) is 14.6. The van der Waals surface area contributed by atoms with Crippen molar-refractivity contribution in [3.05, 3.63) is 35.9 Å². The van der Waals surface area contributed by atoms with Crippen molar-refractivity contribution in [2.45, 2.75) is 56.5 Å². The topological polar surface area (TPSA) is 44.8 Å². The molecule has 5 unspecified atom stereocenters. The number of carbonyl (C=O) groups is 1. The SMILES string of the molecule is CC(=O)OC1C(I)C2OC(c3ccccc3)OCC2(C)CC1(C)C. The number of esters is 1. The summed E-state index contributed by atoms with van der Waals surface area (Å²) in [6.07, 6.45) is 0.349. The van der Waals surface area contributed by atoms with Crippen LogP contribution in [-0.4, -0.2) is 28.7 Å². The average molecular weight is 444 g/mol. The first kappa shape index (κ1) is 18.1. The van der Waals surface area contributed by atoms with E-state index in [1.54, 1.807) is 0 Å². The third-order valence-corrected chi connectivity index (χ3v) is 6.40. The zero-order chi connectivity index (χ0) is 17.5. The number of ether oxygens (including phenoxy) is 3. The van der Waals surface area contributed by atoms with Crippen molar-refractivity contribution in [3.63, 3.8) is 0 Å². The van der Waals surface area contributed by atoms with Crippen LogP contribution in [0.25, 0.3) is 0 Å². The maximum Gasteiger partial charge on any atom is 0.302 e. The molecule has 1 heterocycles. The molecular weight excluding hydrogens is 419 g/mol. The van der Waals surface area contributed by atoms with Crippen molar-refractivity contribution >= 4 is 28.6 Å². The van der Waals surface area contributed by atoms with Crippen LogP contribution in [-0.2, 0) is 19.0 Å². The lowest BCUT2D eigenvalue weighted by Gasteiger charge is -2.56. The Morgan fingerprint density at radius 2 is 1.92 bits per heavy atom. The highest BCUT2D eigenvalue weighted by molar-refractivity contribution is 14.1. The molecule has 0 radical (unpaired) electrons. The molecule has 1 saturated carbocycles. The van der Waals surface area contributed by atoms with E-state index in [1.165, 1.54) is 6.92 Å². The van der Waals surface area contributed by atoms with E-state index in [2.05, 4.69) is 43.4 Å². The molecule has 1 aliphatic heterocycles. The summed E-state index contributed by atoms with van der Waals surface area (Å²) < 4.78 is 18.2. The number of alkyl halides is 1. The lowest BCUT2D eigenvalue weighted by molar-refractivity contribution is -0.292. The number of rotatable bonds is 2. The molecule has 24 heavy (non-hydrogen) atoms. The summed E-state index contributed by atoms with van der Waals surface area (Å²) in [5.41, 5.74) is 0.823. The molecule has 5 atom stereocenters. The van der Waals surface area contributed by atoms with Gasteiger partial charge in [-0.05, 0) is 6.42 Å². The fourth-order valence-corrected chi connectivity index (χ4v) is 6.37. The number of hydrogen-bond donors (Lipinski definition) is 0. The second-order valence-corrected chi connectivity index (χ2v) is 9.34. The molecule has 1 saturated heterocycles. The van der Waals surface area contributed by atoms with E-state index >= 15 is 0 Å². The third kappa shape index (κ3) is 3.35. The standard InChI is InChI=1S/C19H25IO4/c1-12(21)23-15-14(20)16-19(4,10-18(15,2)3)11-22-17(24-16)13-8-6-5-7-9-13/h5-9,14-17H,10-11H2,1-4H3. The predicted octanol–water partition coefficient (Wildman–Crippen LogP) is 4.27. The van der Waals surface area contributed by atoms with Crippen molar-refractivity contribution in [2.24, 2.45) is 10.8 Å². The zero-order valence-corrected chi connectivity index (χ0v) is 16.8. The summed E-state index contributed by atoms with van der Waals surface area (Å²) in [7, 11) is 0. The molecule has 0 amide bonds. The molecule has 3 rings (SSSR count). The molecule has 132 valence electrons. The Bertz CT molecular complexity index is 603. The Kier molecular flexibility index (Phi) is 4.97. The van der Waals surface area contributed by atoms with Gasteiger partial charge in [0.05, 0.1) is 16.6 Å². The van der Waals surface area contributed by atoms with Crippen LogP contribution in [0.4, 0.5) is 0 Å². The van der Waals surface area contributed by atoms with Crippen LogP contribution in [0.5, 0.6) is 0 Å². The van der Waals surface area contributed by atoms with E-state index in [4.69, 9.17) is 14.2 Å². The smallest absolute Gasteiger partial charge is 0.302 e. The monoisotopic (exact) mass is 444 g/mol. The molecule has 2 fully saturated rings. The van der Waals surface area contributed by atoms with E-state index in [-0.39, 0.29) is 39.2 Å². The Hall–Kier alpha value is -0.660. The number of carbonyl (C=O) groups excluding carboxylic acids is 1.